The van der Waals surface area contributed by atoms with Crippen LogP contribution in [0.15, 0.2) is 18.2 Å². The molecule has 1 aromatic carbocycles. The number of nitrogens with zero attached hydrogens (tertiary/aromatic N) is 1. The molecular formula is C12H12ClFN2O2. The summed E-state index contributed by atoms with van der Waals surface area (Å²) in [4.78, 5) is 25.0. The Morgan fingerprint density at radius 3 is 2.94 bits per heavy atom. The van der Waals surface area contributed by atoms with Crippen molar-refractivity contribution < 1.29 is 14.0 Å². The predicted molar refractivity (Wildman–Crippen MR) is 64.9 cm³/mol. The van der Waals surface area contributed by atoms with E-state index in [1.807, 2.05) is 0 Å². The zero-order valence-corrected chi connectivity index (χ0v) is 10.3. The van der Waals surface area contributed by atoms with E-state index < -0.39 is 5.82 Å². The van der Waals surface area contributed by atoms with Crippen LogP contribution in [0.1, 0.15) is 16.8 Å². The van der Waals surface area contributed by atoms with E-state index in [1.54, 1.807) is 0 Å². The van der Waals surface area contributed by atoms with Crippen molar-refractivity contribution in [2.75, 3.05) is 19.6 Å². The van der Waals surface area contributed by atoms with Crippen LogP contribution in [-0.4, -0.2) is 36.3 Å². The summed E-state index contributed by atoms with van der Waals surface area (Å²) in [6, 6.07) is 3.60. The standard InChI is InChI=1S/C12H12ClFN2O2/c13-10-6-8(14)2-3-9(10)12(18)16-5-1-4-15-11(17)7-16/h2-3,6H,1,4-5,7H2,(H,15,17). The van der Waals surface area contributed by atoms with Gasteiger partial charge in [-0.1, -0.05) is 11.6 Å². The molecule has 1 aliphatic rings. The van der Waals surface area contributed by atoms with Crippen molar-refractivity contribution in [3.8, 4) is 0 Å². The highest BCUT2D eigenvalue weighted by atomic mass is 35.5. The fourth-order valence-corrected chi connectivity index (χ4v) is 2.06. The predicted octanol–water partition coefficient (Wildman–Crippen LogP) is 1.44. The van der Waals surface area contributed by atoms with Gasteiger partial charge in [0.25, 0.3) is 5.91 Å². The third-order valence-corrected chi connectivity index (χ3v) is 3.02. The highest BCUT2D eigenvalue weighted by Crippen LogP contribution is 2.19. The molecular weight excluding hydrogens is 259 g/mol. The second-order valence-corrected chi connectivity index (χ2v) is 4.46. The molecule has 4 nitrogen and oxygen atoms in total. The Hall–Kier alpha value is -1.62. The molecule has 0 saturated carbocycles. The van der Waals surface area contributed by atoms with Crippen LogP contribution in [0.3, 0.4) is 0 Å². The fourth-order valence-electron chi connectivity index (χ4n) is 1.81. The number of benzene rings is 1. The molecule has 1 aliphatic heterocycles. The van der Waals surface area contributed by atoms with Crippen LogP contribution in [-0.2, 0) is 4.79 Å². The molecule has 1 heterocycles. The summed E-state index contributed by atoms with van der Waals surface area (Å²) >= 11 is 5.83. The minimum atomic E-state index is -0.495. The van der Waals surface area contributed by atoms with Gasteiger partial charge in [-0.2, -0.15) is 0 Å². The zero-order chi connectivity index (χ0) is 13.1. The molecule has 2 rings (SSSR count). The number of nitrogens with one attached hydrogen (secondary N) is 1. The van der Waals surface area contributed by atoms with Crippen molar-refractivity contribution in [1.29, 1.82) is 0 Å². The molecule has 1 saturated heterocycles. The monoisotopic (exact) mass is 270 g/mol. The molecule has 0 unspecified atom stereocenters. The van der Waals surface area contributed by atoms with Crippen molar-refractivity contribution in [2.24, 2.45) is 0 Å². The maximum Gasteiger partial charge on any atom is 0.255 e. The van der Waals surface area contributed by atoms with Crippen LogP contribution in [0.4, 0.5) is 4.39 Å². The van der Waals surface area contributed by atoms with E-state index in [9.17, 15) is 14.0 Å². The molecule has 0 bridgehead atoms. The first-order valence-electron chi connectivity index (χ1n) is 5.59. The summed E-state index contributed by atoms with van der Waals surface area (Å²) < 4.78 is 12.9. The molecule has 6 heteroatoms. The van der Waals surface area contributed by atoms with Crippen LogP contribution >= 0.6 is 11.6 Å². The van der Waals surface area contributed by atoms with Gasteiger partial charge in [-0.25, -0.2) is 4.39 Å². The van der Waals surface area contributed by atoms with E-state index in [0.29, 0.717) is 19.5 Å². The van der Waals surface area contributed by atoms with E-state index in [0.717, 1.165) is 6.07 Å². The van der Waals surface area contributed by atoms with E-state index >= 15 is 0 Å². The molecule has 1 fully saturated rings. The summed E-state index contributed by atoms with van der Waals surface area (Å²) in [6.45, 7) is 1.04. The van der Waals surface area contributed by atoms with Crippen LogP contribution in [0, 0.1) is 5.82 Å². The molecule has 1 N–H and O–H groups in total. The minimum Gasteiger partial charge on any atom is -0.354 e. The Bertz CT molecular complexity index is 493. The van der Waals surface area contributed by atoms with E-state index in [4.69, 9.17) is 11.6 Å². The number of hydrogen-bond acceptors (Lipinski definition) is 2. The van der Waals surface area contributed by atoms with Crippen molar-refractivity contribution in [3.05, 3.63) is 34.6 Å². The normalized spacial score (nSPS) is 16.1. The van der Waals surface area contributed by atoms with Gasteiger partial charge in [0.1, 0.15) is 5.82 Å². The molecule has 0 atom stereocenters. The first-order chi connectivity index (χ1) is 8.58. The quantitative estimate of drug-likeness (QED) is 0.840. The van der Waals surface area contributed by atoms with Crippen LogP contribution < -0.4 is 5.32 Å². The molecule has 96 valence electrons. The maximum absolute atomic E-state index is 12.9. The second kappa shape index (κ2) is 5.35. The first-order valence-corrected chi connectivity index (χ1v) is 5.97. The lowest BCUT2D eigenvalue weighted by Gasteiger charge is -2.19. The number of halogens is 2. The van der Waals surface area contributed by atoms with Crippen LogP contribution in [0.25, 0.3) is 0 Å². The number of amides is 2. The number of rotatable bonds is 1. The molecule has 0 spiro atoms. The molecule has 0 aliphatic carbocycles. The first kappa shape index (κ1) is 12.8. The van der Waals surface area contributed by atoms with E-state index in [2.05, 4.69) is 5.32 Å². The second-order valence-electron chi connectivity index (χ2n) is 4.05. The number of hydrogen-bond donors (Lipinski definition) is 1. The Morgan fingerprint density at radius 1 is 1.44 bits per heavy atom. The third kappa shape index (κ3) is 2.79. The topological polar surface area (TPSA) is 49.4 Å². The van der Waals surface area contributed by atoms with Crippen LogP contribution in [0.5, 0.6) is 0 Å². The summed E-state index contributed by atoms with van der Waals surface area (Å²) in [7, 11) is 0. The van der Waals surface area contributed by atoms with Crippen molar-refractivity contribution >= 4 is 23.4 Å². The van der Waals surface area contributed by atoms with Gasteiger partial charge in [0.15, 0.2) is 0 Å². The lowest BCUT2D eigenvalue weighted by atomic mass is 10.2. The number of carbonyl (C=O) groups excluding carboxylic acids is 2. The van der Waals surface area contributed by atoms with Gasteiger partial charge in [-0.3, -0.25) is 9.59 Å². The Balaban J connectivity index is 2.21. The minimum absolute atomic E-state index is 0.00649. The average molecular weight is 271 g/mol. The van der Waals surface area contributed by atoms with E-state index in [1.165, 1.54) is 17.0 Å². The third-order valence-electron chi connectivity index (χ3n) is 2.71. The van der Waals surface area contributed by atoms with Crippen molar-refractivity contribution in [2.45, 2.75) is 6.42 Å². The highest BCUT2D eigenvalue weighted by molar-refractivity contribution is 6.33. The number of carbonyl (C=O) groups is 2. The van der Waals surface area contributed by atoms with E-state index in [-0.39, 0.29) is 28.9 Å². The Labute approximate surface area is 109 Å². The molecule has 0 aromatic heterocycles. The molecule has 18 heavy (non-hydrogen) atoms. The van der Waals surface area contributed by atoms with Crippen molar-refractivity contribution in [1.82, 2.24) is 10.2 Å². The lowest BCUT2D eigenvalue weighted by Crippen LogP contribution is -2.37. The lowest BCUT2D eigenvalue weighted by molar-refractivity contribution is -0.121. The van der Waals surface area contributed by atoms with Gasteiger partial charge >= 0.3 is 0 Å². The summed E-state index contributed by atoms with van der Waals surface area (Å²) in [5.74, 6) is -1.04. The van der Waals surface area contributed by atoms with Gasteiger partial charge < -0.3 is 10.2 Å². The summed E-state index contributed by atoms with van der Waals surface area (Å²) in [6.07, 6.45) is 0.691. The molecule has 0 radical (unpaired) electrons. The van der Waals surface area contributed by atoms with Gasteiger partial charge in [-0.15, -0.1) is 0 Å². The van der Waals surface area contributed by atoms with Gasteiger partial charge in [0, 0.05) is 13.1 Å². The summed E-state index contributed by atoms with van der Waals surface area (Å²) in [5.41, 5.74) is 0.216. The summed E-state index contributed by atoms with van der Waals surface area (Å²) in [5, 5.41) is 2.74. The van der Waals surface area contributed by atoms with Crippen molar-refractivity contribution in [3.63, 3.8) is 0 Å². The van der Waals surface area contributed by atoms with Gasteiger partial charge in [-0.05, 0) is 24.6 Å². The Kier molecular flexibility index (Phi) is 3.81. The molecule has 2 amide bonds. The highest BCUT2D eigenvalue weighted by Gasteiger charge is 2.22. The zero-order valence-electron chi connectivity index (χ0n) is 9.58. The SMILES string of the molecule is O=C1CN(C(=O)c2ccc(F)cc2Cl)CCCN1. The molecule has 1 aromatic rings. The maximum atomic E-state index is 12.9. The fraction of sp³-hybridized carbons (Fsp3) is 0.333. The van der Waals surface area contributed by atoms with Gasteiger partial charge in [0.05, 0.1) is 17.1 Å². The average Bonchev–Trinajstić information content (AvgIpc) is 2.53. The van der Waals surface area contributed by atoms with Crippen LogP contribution in [0.2, 0.25) is 5.02 Å². The smallest absolute Gasteiger partial charge is 0.255 e. The largest absolute Gasteiger partial charge is 0.354 e. The van der Waals surface area contributed by atoms with Gasteiger partial charge in [0.2, 0.25) is 5.91 Å². The Morgan fingerprint density at radius 2 is 2.22 bits per heavy atom.